The van der Waals surface area contributed by atoms with E-state index in [1.165, 1.54) is 69.8 Å². The van der Waals surface area contributed by atoms with Crippen molar-refractivity contribution in [2.24, 2.45) is 5.92 Å². The van der Waals surface area contributed by atoms with Crippen LogP contribution in [0.2, 0.25) is 0 Å². The Labute approximate surface area is 148 Å². The number of unbranched alkanes of at least 4 members (excludes halogenated alkanes) is 7. The third kappa shape index (κ3) is 12.2. The van der Waals surface area contributed by atoms with Crippen LogP contribution in [0.4, 0.5) is 0 Å². The van der Waals surface area contributed by atoms with E-state index >= 15 is 0 Å². The molecule has 24 heavy (non-hydrogen) atoms. The summed E-state index contributed by atoms with van der Waals surface area (Å²) in [5, 5.41) is 8.63. The van der Waals surface area contributed by atoms with Gasteiger partial charge in [0.2, 0.25) is 0 Å². The van der Waals surface area contributed by atoms with E-state index in [1.807, 2.05) is 0 Å². The molecule has 0 heterocycles. The van der Waals surface area contributed by atoms with Crippen LogP contribution < -0.4 is 0 Å². The Balaban J connectivity index is 1.81. The van der Waals surface area contributed by atoms with Crippen molar-refractivity contribution in [3.63, 3.8) is 0 Å². The van der Waals surface area contributed by atoms with E-state index in [9.17, 15) is 4.79 Å². The van der Waals surface area contributed by atoms with Crippen LogP contribution >= 0.6 is 0 Å². The van der Waals surface area contributed by atoms with Gasteiger partial charge in [0.25, 0.3) is 0 Å². The number of aryl methyl sites for hydroxylation is 1. The first-order chi connectivity index (χ1) is 11.7. The van der Waals surface area contributed by atoms with E-state index in [0.717, 1.165) is 12.8 Å². The van der Waals surface area contributed by atoms with Gasteiger partial charge in [-0.05, 0) is 30.7 Å². The standard InChI is InChI=1S/C22H36O2/c1-20(15-13-19-22(23)24)14-9-6-4-2-3-5-7-10-16-21-17-11-8-12-18-21/h8,11-12,17-18,20H,2-7,9-10,13-16,19H2,1H3,(H,23,24). The summed E-state index contributed by atoms with van der Waals surface area (Å²) in [5.41, 5.74) is 1.47. The minimum absolute atomic E-state index is 0.328. The van der Waals surface area contributed by atoms with Crippen molar-refractivity contribution in [3.05, 3.63) is 35.9 Å². The van der Waals surface area contributed by atoms with Gasteiger partial charge >= 0.3 is 5.97 Å². The number of carbonyl (C=O) groups is 1. The zero-order valence-electron chi connectivity index (χ0n) is 15.5. The topological polar surface area (TPSA) is 37.3 Å². The highest BCUT2D eigenvalue weighted by Gasteiger charge is 2.04. The highest BCUT2D eigenvalue weighted by molar-refractivity contribution is 5.66. The average Bonchev–Trinajstić information content (AvgIpc) is 2.57. The SMILES string of the molecule is CC(CCCCCCCCCCc1ccccc1)CCCC(=O)O. The molecule has 0 saturated carbocycles. The Morgan fingerprint density at radius 2 is 1.38 bits per heavy atom. The summed E-state index contributed by atoms with van der Waals surface area (Å²) < 4.78 is 0. The van der Waals surface area contributed by atoms with Crippen LogP contribution in [-0.2, 0) is 11.2 Å². The van der Waals surface area contributed by atoms with Gasteiger partial charge in [-0.2, -0.15) is 0 Å². The van der Waals surface area contributed by atoms with Gasteiger partial charge in [-0.15, -0.1) is 0 Å². The molecule has 2 nitrogen and oxygen atoms in total. The fourth-order valence-corrected chi connectivity index (χ4v) is 3.27. The normalized spacial score (nSPS) is 12.2. The van der Waals surface area contributed by atoms with Gasteiger partial charge in [0.15, 0.2) is 0 Å². The average molecular weight is 333 g/mol. The lowest BCUT2D eigenvalue weighted by Gasteiger charge is -2.10. The minimum atomic E-state index is -0.661. The van der Waals surface area contributed by atoms with Crippen LogP contribution in [0.5, 0.6) is 0 Å². The van der Waals surface area contributed by atoms with Gasteiger partial charge in [0.1, 0.15) is 0 Å². The van der Waals surface area contributed by atoms with E-state index in [1.54, 1.807) is 0 Å². The first-order valence-electron chi connectivity index (χ1n) is 9.94. The second-order valence-electron chi connectivity index (χ2n) is 7.24. The highest BCUT2D eigenvalue weighted by atomic mass is 16.4. The molecular formula is C22H36O2. The molecule has 1 unspecified atom stereocenters. The molecule has 0 aromatic heterocycles. The van der Waals surface area contributed by atoms with Crippen molar-refractivity contribution in [2.75, 3.05) is 0 Å². The summed E-state index contributed by atoms with van der Waals surface area (Å²) in [6.07, 6.45) is 15.5. The Kier molecular flexibility index (Phi) is 12.2. The van der Waals surface area contributed by atoms with Gasteiger partial charge in [-0.25, -0.2) is 0 Å². The molecule has 2 heteroatoms. The molecule has 1 aromatic carbocycles. The van der Waals surface area contributed by atoms with Crippen molar-refractivity contribution in [1.82, 2.24) is 0 Å². The van der Waals surface area contributed by atoms with E-state index in [-0.39, 0.29) is 0 Å². The number of hydrogen-bond acceptors (Lipinski definition) is 1. The number of carboxylic acids is 1. The van der Waals surface area contributed by atoms with Crippen LogP contribution in [-0.4, -0.2) is 11.1 Å². The summed E-state index contributed by atoms with van der Waals surface area (Å²) >= 11 is 0. The van der Waals surface area contributed by atoms with Crippen molar-refractivity contribution in [2.45, 2.75) is 90.4 Å². The van der Waals surface area contributed by atoms with Gasteiger partial charge in [0.05, 0.1) is 0 Å². The zero-order valence-corrected chi connectivity index (χ0v) is 15.5. The minimum Gasteiger partial charge on any atom is -0.481 e. The Morgan fingerprint density at radius 1 is 0.833 bits per heavy atom. The molecule has 0 spiro atoms. The Bertz CT molecular complexity index is 413. The van der Waals surface area contributed by atoms with E-state index in [0.29, 0.717) is 12.3 Å². The van der Waals surface area contributed by atoms with E-state index in [4.69, 9.17) is 5.11 Å². The van der Waals surface area contributed by atoms with Crippen molar-refractivity contribution < 1.29 is 9.90 Å². The molecule has 0 bridgehead atoms. The van der Waals surface area contributed by atoms with Crippen LogP contribution in [0.3, 0.4) is 0 Å². The molecule has 1 aromatic rings. The maximum atomic E-state index is 10.5. The first-order valence-corrected chi connectivity index (χ1v) is 9.94. The van der Waals surface area contributed by atoms with Crippen molar-refractivity contribution in [1.29, 1.82) is 0 Å². The monoisotopic (exact) mass is 332 g/mol. The van der Waals surface area contributed by atoms with Crippen LogP contribution in [0, 0.1) is 5.92 Å². The summed E-state index contributed by atoms with van der Waals surface area (Å²) in [5.74, 6) is 0.0216. The summed E-state index contributed by atoms with van der Waals surface area (Å²) in [4.78, 5) is 10.5. The smallest absolute Gasteiger partial charge is 0.303 e. The fraction of sp³-hybridized carbons (Fsp3) is 0.682. The van der Waals surface area contributed by atoms with Crippen molar-refractivity contribution in [3.8, 4) is 0 Å². The Morgan fingerprint density at radius 3 is 2.00 bits per heavy atom. The molecule has 1 N–H and O–H groups in total. The molecule has 0 aliphatic carbocycles. The molecule has 0 amide bonds. The fourth-order valence-electron chi connectivity index (χ4n) is 3.27. The summed E-state index contributed by atoms with van der Waals surface area (Å²) in [6.45, 7) is 2.26. The van der Waals surface area contributed by atoms with Crippen molar-refractivity contribution >= 4 is 5.97 Å². The van der Waals surface area contributed by atoms with Crippen LogP contribution in [0.25, 0.3) is 0 Å². The third-order valence-corrected chi connectivity index (χ3v) is 4.84. The molecule has 0 aliphatic heterocycles. The van der Waals surface area contributed by atoms with Crippen LogP contribution in [0.15, 0.2) is 30.3 Å². The maximum Gasteiger partial charge on any atom is 0.303 e. The second-order valence-corrected chi connectivity index (χ2v) is 7.24. The quantitative estimate of drug-likeness (QED) is 0.366. The molecule has 0 aliphatic rings. The highest BCUT2D eigenvalue weighted by Crippen LogP contribution is 2.17. The zero-order chi connectivity index (χ0) is 17.5. The second kappa shape index (κ2) is 14.1. The number of aliphatic carboxylic acids is 1. The largest absolute Gasteiger partial charge is 0.481 e. The van der Waals surface area contributed by atoms with Gasteiger partial charge in [-0.3, -0.25) is 4.79 Å². The third-order valence-electron chi connectivity index (χ3n) is 4.84. The lowest BCUT2D eigenvalue weighted by molar-refractivity contribution is -0.137. The summed E-state index contributed by atoms with van der Waals surface area (Å²) in [6, 6.07) is 10.8. The van der Waals surface area contributed by atoms with Crippen LogP contribution in [0.1, 0.15) is 89.5 Å². The molecular weight excluding hydrogens is 296 g/mol. The molecule has 0 fully saturated rings. The number of hydrogen-bond donors (Lipinski definition) is 1. The van der Waals surface area contributed by atoms with E-state index in [2.05, 4.69) is 37.3 Å². The number of rotatable bonds is 15. The molecule has 136 valence electrons. The Hall–Kier alpha value is -1.31. The van der Waals surface area contributed by atoms with Gasteiger partial charge < -0.3 is 5.11 Å². The maximum absolute atomic E-state index is 10.5. The lowest BCUT2D eigenvalue weighted by Crippen LogP contribution is -1.99. The predicted molar refractivity (Wildman–Crippen MR) is 102 cm³/mol. The number of carboxylic acid groups (broad SMARTS) is 1. The van der Waals surface area contributed by atoms with Gasteiger partial charge in [-0.1, -0.05) is 95.0 Å². The first kappa shape index (κ1) is 20.7. The summed E-state index contributed by atoms with van der Waals surface area (Å²) in [7, 11) is 0. The molecule has 0 radical (unpaired) electrons. The number of benzene rings is 1. The van der Waals surface area contributed by atoms with E-state index < -0.39 is 5.97 Å². The lowest BCUT2D eigenvalue weighted by atomic mass is 9.96. The molecule has 1 rings (SSSR count). The van der Waals surface area contributed by atoms with Gasteiger partial charge in [0, 0.05) is 6.42 Å². The molecule has 1 atom stereocenters. The molecule has 0 saturated heterocycles. The predicted octanol–water partition coefficient (Wildman–Crippen LogP) is 6.63.